The molecule has 0 heterocycles. The first-order valence-electron chi connectivity index (χ1n) is 4.55. The van der Waals surface area contributed by atoms with Crippen molar-refractivity contribution >= 4 is 5.91 Å². The number of carbonyl (C=O) groups excluding carboxylic acids is 1. The zero-order valence-electron chi connectivity index (χ0n) is 8.45. The van der Waals surface area contributed by atoms with Gasteiger partial charge in [-0.2, -0.15) is 0 Å². The number of carbonyl (C=O) groups is 1. The Morgan fingerprint density at radius 2 is 1.93 bits per heavy atom. The molecule has 1 aromatic rings. The molecule has 0 fully saturated rings. The fourth-order valence-corrected chi connectivity index (χ4v) is 0.995. The summed E-state index contributed by atoms with van der Waals surface area (Å²) in [5, 5.41) is 12.0. The monoisotopic (exact) mass is 193 g/mol. The summed E-state index contributed by atoms with van der Waals surface area (Å²) in [6.07, 6.45) is 0. The molecule has 0 aliphatic carbocycles. The summed E-state index contributed by atoms with van der Waals surface area (Å²) in [5.41, 5.74) is -0.292. The highest BCUT2D eigenvalue weighted by molar-refractivity contribution is 5.83. The van der Waals surface area contributed by atoms with Crippen LogP contribution in [0.4, 0.5) is 0 Å². The van der Waals surface area contributed by atoms with E-state index in [1.807, 2.05) is 30.3 Å². The molecule has 2 N–H and O–H groups in total. The van der Waals surface area contributed by atoms with Crippen LogP contribution in [0.5, 0.6) is 0 Å². The first kappa shape index (κ1) is 10.7. The van der Waals surface area contributed by atoms with E-state index < -0.39 is 5.60 Å². The van der Waals surface area contributed by atoms with E-state index in [4.69, 9.17) is 0 Å². The van der Waals surface area contributed by atoms with Crippen molar-refractivity contribution < 1.29 is 9.90 Å². The maximum atomic E-state index is 11.3. The van der Waals surface area contributed by atoms with Crippen molar-refractivity contribution in [2.24, 2.45) is 0 Å². The van der Waals surface area contributed by atoms with Gasteiger partial charge in [0.1, 0.15) is 5.60 Å². The van der Waals surface area contributed by atoms with Crippen LogP contribution in [-0.4, -0.2) is 16.6 Å². The predicted molar refractivity (Wildman–Crippen MR) is 54.6 cm³/mol. The van der Waals surface area contributed by atoms with E-state index in [9.17, 15) is 9.90 Å². The highest BCUT2D eigenvalue weighted by Gasteiger charge is 2.22. The summed E-state index contributed by atoms with van der Waals surface area (Å²) in [7, 11) is 0. The molecule has 0 saturated carbocycles. The van der Waals surface area contributed by atoms with Crippen LogP contribution in [0.1, 0.15) is 19.4 Å². The first-order valence-corrected chi connectivity index (χ1v) is 4.55. The highest BCUT2D eigenvalue weighted by atomic mass is 16.3. The summed E-state index contributed by atoms with van der Waals surface area (Å²) < 4.78 is 0. The summed E-state index contributed by atoms with van der Waals surface area (Å²) in [6.45, 7) is 3.38. The number of aliphatic hydroxyl groups is 1. The Hall–Kier alpha value is -1.35. The Morgan fingerprint density at radius 1 is 1.36 bits per heavy atom. The largest absolute Gasteiger partial charge is 0.381 e. The molecule has 3 heteroatoms. The number of amides is 1. The Bertz CT molecular complexity index is 301. The van der Waals surface area contributed by atoms with Crippen LogP contribution >= 0.6 is 0 Å². The third kappa shape index (κ3) is 3.18. The third-order valence-electron chi connectivity index (χ3n) is 1.85. The Morgan fingerprint density at radius 3 is 2.43 bits per heavy atom. The number of rotatable bonds is 3. The molecule has 14 heavy (non-hydrogen) atoms. The maximum Gasteiger partial charge on any atom is 0.251 e. The van der Waals surface area contributed by atoms with Crippen molar-refractivity contribution in [3.63, 3.8) is 0 Å². The van der Waals surface area contributed by atoms with Crippen LogP contribution in [0.3, 0.4) is 0 Å². The second kappa shape index (κ2) is 4.24. The number of hydrogen-bond donors (Lipinski definition) is 2. The molecule has 3 nitrogen and oxygen atoms in total. The van der Waals surface area contributed by atoms with E-state index in [2.05, 4.69) is 5.32 Å². The van der Waals surface area contributed by atoms with Crippen LogP contribution in [0, 0.1) is 0 Å². The predicted octanol–water partition coefficient (Wildman–Crippen LogP) is 1.07. The van der Waals surface area contributed by atoms with Crippen LogP contribution in [0.2, 0.25) is 0 Å². The lowest BCUT2D eigenvalue weighted by Crippen LogP contribution is -2.41. The van der Waals surface area contributed by atoms with Gasteiger partial charge in [0.25, 0.3) is 5.91 Å². The quantitative estimate of drug-likeness (QED) is 0.754. The van der Waals surface area contributed by atoms with Crippen molar-refractivity contribution in [3.05, 3.63) is 35.9 Å². The summed E-state index contributed by atoms with van der Waals surface area (Å²) in [5.74, 6) is -0.360. The Kier molecular flexibility index (Phi) is 3.25. The number of hydrogen-bond acceptors (Lipinski definition) is 2. The number of benzene rings is 1. The van der Waals surface area contributed by atoms with E-state index >= 15 is 0 Å². The standard InChI is InChI=1S/C11H15NO2/c1-11(2,14)10(13)12-8-9-6-4-3-5-7-9/h3-7,14H,8H2,1-2H3,(H,12,13). The van der Waals surface area contributed by atoms with Gasteiger partial charge in [-0.3, -0.25) is 4.79 Å². The lowest BCUT2D eigenvalue weighted by Gasteiger charge is -2.16. The maximum absolute atomic E-state index is 11.3. The summed E-state index contributed by atoms with van der Waals surface area (Å²) in [4.78, 5) is 11.3. The molecule has 0 unspecified atom stereocenters. The second-order valence-corrected chi connectivity index (χ2v) is 3.73. The molecule has 0 aromatic heterocycles. The molecule has 76 valence electrons. The molecule has 0 saturated heterocycles. The van der Waals surface area contributed by atoms with Gasteiger partial charge in [0, 0.05) is 6.54 Å². The zero-order chi connectivity index (χ0) is 10.6. The lowest BCUT2D eigenvalue weighted by atomic mass is 10.1. The highest BCUT2D eigenvalue weighted by Crippen LogP contribution is 2.02. The number of nitrogens with one attached hydrogen (secondary N) is 1. The van der Waals surface area contributed by atoms with Gasteiger partial charge < -0.3 is 10.4 Å². The van der Waals surface area contributed by atoms with Gasteiger partial charge in [0.2, 0.25) is 0 Å². The molecule has 0 radical (unpaired) electrons. The topological polar surface area (TPSA) is 49.3 Å². The van der Waals surface area contributed by atoms with Crippen LogP contribution in [0.15, 0.2) is 30.3 Å². The van der Waals surface area contributed by atoms with Crippen LogP contribution in [0.25, 0.3) is 0 Å². The van der Waals surface area contributed by atoms with Crippen LogP contribution < -0.4 is 5.32 Å². The molecule has 0 aliphatic heterocycles. The van der Waals surface area contributed by atoms with Crippen molar-refractivity contribution in [3.8, 4) is 0 Å². The molecule has 0 bridgehead atoms. The smallest absolute Gasteiger partial charge is 0.251 e. The van der Waals surface area contributed by atoms with E-state index in [-0.39, 0.29) is 5.91 Å². The molecular weight excluding hydrogens is 178 g/mol. The van der Waals surface area contributed by atoms with Gasteiger partial charge >= 0.3 is 0 Å². The van der Waals surface area contributed by atoms with Crippen molar-refractivity contribution in [1.82, 2.24) is 5.32 Å². The Labute approximate surface area is 83.8 Å². The SMILES string of the molecule is CC(C)(O)C(=O)NCc1ccccc1. The van der Waals surface area contributed by atoms with Crippen LogP contribution in [-0.2, 0) is 11.3 Å². The fraction of sp³-hybridized carbons (Fsp3) is 0.364. The second-order valence-electron chi connectivity index (χ2n) is 3.73. The molecule has 0 atom stereocenters. The van der Waals surface area contributed by atoms with Gasteiger partial charge in [-0.25, -0.2) is 0 Å². The average Bonchev–Trinajstić information content (AvgIpc) is 2.14. The van der Waals surface area contributed by atoms with Gasteiger partial charge in [-0.1, -0.05) is 30.3 Å². The molecule has 1 rings (SSSR count). The normalized spacial score (nSPS) is 11.1. The minimum Gasteiger partial charge on any atom is -0.381 e. The first-order chi connectivity index (χ1) is 6.50. The third-order valence-corrected chi connectivity index (χ3v) is 1.85. The summed E-state index contributed by atoms with van der Waals surface area (Å²) in [6, 6.07) is 9.58. The van der Waals surface area contributed by atoms with E-state index in [0.717, 1.165) is 5.56 Å². The molecule has 0 aliphatic rings. The molecule has 0 spiro atoms. The van der Waals surface area contributed by atoms with Gasteiger partial charge in [-0.15, -0.1) is 0 Å². The van der Waals surface area contributed by atoms with Crippen molar-refractivity contribution in [1.29, 1.82) is 0 Å². The lowest BCUT2D eigenvalue weighted by molar-refractivity contribution is -0.136. The molecular formula is C11H15NO2. The molecule has 1 aromatic carbocycles. The van der Waals surface area contributed by atoms with Crippen molar-refractivity contribution in [2.75, 3.05) is 0 Å². The van der Waals surface area contributed by atoms with Gasteiger partial charge in [-0.05, 0) is 19.4 Å². The van der Waals surface area contributed by atoms with E-state index in [1.54, 1.807) is 0 Å². The van der Waals surface area contributed by atoms with Crippen molar-refractivity contribution in [2.45, 2.75) is 26.0 Å². The van der Waals surface area contributed by atoms with Gasteiger partial charge in [0.15, 0.2) is 0 Å². The van der Waals surface area contributed by atoms with Gasteiger partial charge in [0.05, 0.1) is 0 Å². The average molecular weight is 193 g/mol. The minimum absolute atomic E-state index is 0.360. The molecule has 1 amide bonds. The minimum atomic E-state index is -1.31. The van der Waals surface area contributed by atoms with E-state index in [0.29, 0.717) is 6.54 Å². The zero-order valence-corrected chi connectivity index (χ0v) is 8.45. The summed E-state index contributed by atoms with van der Waals surface area (Å²) >= 11 is 0. The fourth-order valence-electron chi connectivity index (χ4n) is 0.995. The van der Waals surface area contributed by atoms with E-state index in [1.165, 1.54) is 13.8 Å². The Balaban J connectivity index is 2.46.